The molecule has 0 aliphatic carbocycles. The van der Waals surface area contributed by atoms with Crippen molar-refractivity contribution >= 4 is 23.9 Å². The highest BCUT2D eigenvalue weighted by molar-refractivity contribution is 5.69. The van der Waals surface area contributed by atoms with Crippen molar-refractivity contribution in [2.45, 2.75) is 190 Å². The standard InChI is InChI=1S/C43H68O11/c1-25(2)16-13-17-26(3)18-14-19-27(4)20-15-22-43(12)23-21-35-30(7)37(28(5)29(6)38(35)54-43)53-42-41(51-34(11)47)40(50-33(10)46)39(49-32(9)45)36(52-42)24-48-31(8)44/h25-27,36,39-42H,13-24H2,1-12H3/t26?,27?,36-,39-,40+,41+,42-,43?/m1/s1. The third-order valence-electron chi connectivity index (χ3n) is 11.0. The minimum absolute atomic E-state index is 0.288. The van der Waals surface area contributed by atoms with Crippen LogP contribution in [0.5, 0.6) is 11.5 Å². The first-order chi connectivity index (χ1) is 25.3. The fourth-order valence-electron chi connectivity index (χ4n) is 7.84. The molecule has 11 nitrogen and oxygen atoms in total. The van der Waals surface area contributed by atoms with E-state index in [9.17, 15) is 19.2 Å². The summed E-state index contributed by atoms with van der Waals surface area (Å²) < 4.78 is 41.7. The van der Waals surface area contributed by atoms with Gasteiger partial charge in [0.15, 0.2) is 12.2 Å². The second-order valence-corrected chi connectivity index (χ2v) is 16.6. The Labute approximate surface area is 323 Å². The predicted octanol–water partition coefficient (Wildman–Crippen LogP) is 8.60. The van der Waals surface area contributed by atoms with E-state index in [1.807, 2.05) is 20.8 Å². The maximum absolute atomic E-state index is 12.4. The van der Waals surface area contributed by atoms with Crippen LogP contribution >= 0.6 is 0 Å². The molecule has 54 heavy (non-hydrogen) atoms. The number of ether oxygens (including phenoxy) is 7. The zero-order valence-electron chi connectivity index (χ0n) is 35.1. The smallest absolute Gasteiger partial charge is 0.303 e. The maximum atomic E-state index is 12.4. The molecule has 0 bridgehead atoms. The minimum Gasteiger partial charge on any atom is -0.487 e. The highest BCUT2D eigenvalue weighted by Crippen LogP contribution is 2.46. The number of carbonyl (C=O) groups excluding carboxylic acids is 4. The molecule has 3 unspecified atom stereocenters. The third-order valence-corrected chi connectivity index (χ3v) is 11.0. The Hall–Kier alpha value is -3.34. The molecule has 0 spiro atoms. The number of hydrogen-bond donors (Lipinski definition) is 0. The van der Waals surface area contributed by atoms with Crippen LogP contribution in [0.25, 0.3) is 0 Å². The SMILES string of the molecule is CC(=O)OC[C@H]1O[C@H](Oc2c(C)c(C)c3c(c2C)CCC(C)(CCCC(C)CCCC(C)CCCC(C)C)O3)[C@@H](OC(C)=O)[C@@H](OC(C)=O)[C@@H]1OC(C)=O. The van der Waals surface area contributed by atoms with Crippen LogP contribution in [-0.4, -0.2) is 66.8 Å². The van der Waals surface area contributed by atoms with Crippen LogP contribution in [0.2, 0.25) is 0 Å². The molecule has 306 valence electrons. The van der Waals surface area contributed by atoms with Gasteiger partial charge in [-0.3, -0.25) is 19.2 Å². The van der Waals surface area contributed by atoms with Crippen molar-refractivity contribution in [3.8, 4) is 11.5 Å². The summed E-state index contributed by atoms with van der Waals surface area (Å²) in [5, 5.41) is 0. The van der Waals surface area contributed by atoms with E-state index in [-0.39, 0.29) is 12.2 Å². The highest BCUT2D eigenvalue weighted by atomic mass is 16.7. The van der Waals surface area contributed by atoms with Gasteiger partial charge in [-0.2, -0.15) is 0 Å². The molecule has 0 N–H and O–H groups in total. The first-order valence-corrected chi connectivity index (χ1v) is 20.1. The van der Waals surface area contributed by atoms with E-state index in [2.05, 4.69) is 34.6 Å². The van der Waals surface area contributed by atoms with Crippen molar-refractivity contribution in [3.63, 3.8) is 0 Å². The van der Waals surface area contributed by atoms with Crippen molar-refractivity contribution in [2.24, 2.45) is 17.8 Å². The van der Waals surface area contributed by atoms with Crippen LogP contribution in [-0.2, 0) is 49.3 Å². The van der Waals surface area contributed by atoms with Crippen LogP contribution < -0.4 is 9.47 Å². The van der Waals surface area contributed by atoms with Gasteiger partial charge in [0, 0.05) is 33.3 Å². The highest BCUT2D eigenvalue weighted by Gasteiger charge is 2.53. The van der Waals surface area contributed by atoms with Gasteiger partial charge >= 0.3 is 23.9 Å². The van der Waals surface area contributed by atoms with Crippen LogP contribution in [0.3, 0.4) is 0 Å². The van der Waals surface area contributed by atoms with Gasteiger partial charge in [-0.1, -0.05) is 72.6 Å². The molecule has 2 aliphatic rings. The Balaban J connectivity index is 1.77. The van der Waals surface area contributed by atoms with E-state index in [0.717, 1.165) is 65.5 Å². The molecule has 1 saturated heterocycles. The van der Waals surface area contributed by atoms with Gasteiger partial charge in [0.25, 0.3) is 0 Å². The van der Waals surface area contributed by atoms with Crippen molar-refractivity contribution in [1.82, 2.24) is 0 Å². The monoisotopic (exact) mass is 760 g/mol. The average Bonchev–Trinajstić information content (AvgIpc) is 3.06. The summed E-state index contributed by atoms with van der Waals surface area (Å²) in [7, 11) is 0. The Kier molecular flexibility index (Phi) is 17.1. The van der Waals surface area contributed by atoms with Gasteiger partial charge in [0.2, 0.25) is 12.4 Å². The number of esters is 4. The number of rotatable bonds is 19. The summed E-state index contributed by atoms with van der Waals surface area (Å²) >= 11 is 0. The van der Waals surface area contributed by atoms with E-state index in [0.29, 0.717) is 11.7 Å². The molecule has 8 atom stereocenters. The average molecular weight is 761 g/mol. The van der Waals surface area contributed by atoms with Gasteiger partial charge < -0.3 is 33.2 Å². The predicted molar refractivity (Wildman–Crippen MR) is 205 cm³/mol. The fourth-order valence-corrected chi connectivity index (χ4v) is 7.84. The van der Waals surface area contributed by atoms with Crippen molar-refractivity contribution < 1.29 is 52.3 Å². The molecule has 3 rings (SSSR count). The molecule has 0 amide bonds. The van der Waals surface area contributed by atoms with E-state index < -0.39 is 54.6 Å². The molecule has 11 heteroatoms. The summed E-state index contributed by atoms with van der Waals surface area (Å²) in [6.07, 6.45) is 6.49. The van der Waals surface area contributed by atoms with E-state index in [4.69, 9.17) is 33.2 Å². The zero-order chi connectivity index (χ0) is 40.3. The molecule has 1 aromatic rings. The molecular weight excluding hydrogens is 692 g/mol. The van der Waals surface area contributed by atoms with E-state index in [1.54, 1.807) is 0 Å². The topological polar surface area (TPSA) is 133 Å². The summed E-state index contributed by atoms with van der Waals surface area (Å²) in [6.45, 7) is 22.0. The van der Waals surface area contributed by atoms with E-state index >= 15 is 0 Å². The Morgan fingerprint density at radius 3 is 1.80 bits per heavy atom. The zero-order valence-corrected chi connectivity index (χ0v) is 35.1. The van der Waals surface area contributed by atoms with E-state index in [1.165, 1.54) is 72.6 Å². The number of carbonyl (C=O) groups is 4. The molecular formula is C43H68O11. The van der Waals surface area contributed by atoms with Crippen LogP contribution in [0.1, 0.15) is 149 Å². The normalized spacial score (nSPS) is 24.8. The molecule has 2 heterocycles. The number of fused-ring (bicyclic) bond motifs is 1. The largest absolute Gasteiger partial charge is 0.487 e. The lowest BCUT2D eigenvalue weighted by Gasteiger charge is -2.44. The van der Waals surface area contributed by atoms with Crippen molar-refractivity contribution in [3.05, 3.63) is 22.3 Å². The first-order valence-electron chi connectivity index (χ1n) is 20.1. The Bertz CT molecular complexity index is 1440. The Morgan fingerprint density at radius 1 is 0.704 bits per heavy atom. The molecule has 0 saturated carbocycles. The van der Waals surface area contributed by atoms with Crippen LogP contribution in [0.15, 0.2) is 0 Å². The van der Waals surface area contributed by atoms with Crippen LogP contribution in [0.4, 0.5) is 0 Å². The van der Waals surface area contributed by atoms with Crippen LogP contribution in [0, 0.1) is 38.5 Å². The fraction of sp³-hybridized carbons (Fsp3) is 0.767. The lowest BCUT2D eigenvalue weighted by atomic mass is 9.83. The molecule has 0 aromatic heterocycles. The van der Waals surface area contributed by atoms with Crippen molar-refractivity contribution in [2.75, 3.05) is 6.61 Å². The van der Waals surface area contributed by atoms with Gasteiger partial charge in [0.1, 0.15) is 29.8 Å². The summed E-state index contributed by atoms with van der Waals surface area (Å²) in [6, 6.07) is 0. The summed E-state index contributed by atoms with van der Waals surface area (Å²) in [4.78, 5) is 48.6. The molecule has 1 fully saturated rings. The molecule has 1 aromatic carbocycles. The number of benzene rings is 1. The van der Waals surface area contributed by atoms with Gasteiger partial charge in [-0.15, -0.1) is 0 Å². The summed E-state index contributed by atoms with van der Waals surface area (Å²) in [5.41, 5.74) is 3.35. The quantitative estimate of drug-likeness (QED) is 0.0992. The second kappa shape index (κ2) is 20.5. The Morgan fingerprint density at radius 2 is 1.24 bits per heavy atom. The first kappa shape index (κ1) is 45.1. The second-order valence-electron chi connectivity index (χ2n) is 16.6. The molecule has 2 aliphatic heterocycles. The van der Waals surface area contributed by atoms with Gasteiger partial charge in [-0.05, 0) is 87.8 Å². The summed E-state index contributed by atoms with van der Waals surface area (Å²) in [5.74, 6) is 0.997. The maximum Gasteiger partial charge on any atom is 0.303 e. The lowest BCUT2D eigenvalue weighted by Crippen LogP contribution is -2.63. The molecule has 0 radical (unpaired) electrons. The van der Waals surface area contributed by atoms with Crippen molar-refractivity contribution in [1.29, 1.82) is 0 Å². The number of hydrogen-bond acceptors (Lipinski definition) is 11. The van der Waals surface area contributed by atoms with Gasteiger partial charge in [0.05, 0.1) is 0 Å². The minimum atomic E-state index is -1.32. The van der Waals surface area contributed by atoms with Gasteiger partial charge in [-0.25, -0.2) is 0 Å². The lowest BCUT2D eigenvalue weighted by molar-refractivity contribution is -0.288. The third kappa shape index (κ3) is 13.2.